The summed E-state index contributed by atoms with van der Waals surface area (Å²) in [6.07, 6.45) is 1.17. The molecule has 18 heavy (non-hydrogen) atoms. The molecule has 1 aromatic rings. The molecule has 1 heterocycles. The zero-order valence-corrected chi connectivity index (χ0v) is 12.0. The van der Waals surface area contributed by atoms with Crippen molar-refractivity contribution in [2.75, 3.05) is 27.2 Å². The van der Waals surface area contributed by atoms with Gasteiger partial charge in [0, 0.05) is 30.6 Å². The molecule has 1 aromatic carbocycles. The fourth-order valence-corrected chi connectivity index (χ4v) is 2.23. The molecule has 0 fully saturated rings. The lowest BCUT2D eigenvalue weighted by atomic mass is 10.1. The van der Waals surface area contributed by atoms with Crippen molar-refractivity contribution in [2.45, 2.75) is 25.5 Å². The third-order valence-corrected chi connectivity index (χ3v) is 3.69. The molecule has 2 atom stereocenters. The van der Waals surface area contributed by atoms with Crippen molar-refractivity contribution in [1.82, 2.24) is 10.2 Å². The molecular weight excluding hydrogens is 248 g/mol. The first-order valence-electron chi connectivity index (χ1n) is 6.38. The Kier molecular flexibility index (Phi) is 4.49. The Morgan fingerprint density at radius 2 is 2.28 bits per heavy atom. The maximum Gasteiger partial charge on any atom is 0.123 e. The van der Waals surface area contributed by atoms with Crippen LogP contribution in [0.5, 0.6) is 5.75 Å². The van der Waals surface area contributed by atoms with Gasteiger partial charge in [-0.2, -0.15) is 0 Å². The number of likely N-dealkylation sites (N-methyl/N-ethyl adjacent to an activating group) is 1. The lowest BCUT2D eigenvalue weighted by Crippen LogP contribution is -2.39. The molecule has 100 valence electrons. The SMILES string of the molecule is CC(CNCC1Cc2cc(Cl)ccc2O1)N(C)C. The molecule has 0 saturated heterocycles. The predicted octanol–water partition coefficient (Wildman–Crippen LogP) is 2.18. The van der Waals surface area contributed by atoms with Gasteiger partial charge < -0.3 is 15.0 Å². The molecule has 0 saturated carbocycles. The van der Waals surface area contributed by atoms with Crippen molar-refractivity contribution in [3.05, 3.63) is 28.8 Å². The van der Waals surface area contributed by atoms with Gasteiger partial charge in [0.25, 0.3) is 0 Å². The highest BCUT2D eigenvalue weighted by Crippen LogP contribution is 2.30. The number of hydrogen-bond donors (Lipinski definition) is 1. The van der Waals surface area contributed by atoms with Crippen LogP contribution in [0.25, 0.3) is 0 Å². The standard InChI is InChI=1S/C14H21ClN2O/c1-10(17(2)3)8-16-9-13-7-11-6-12(15)4-5-14(11)18-13/h4-6,10,13,16H,7-9H2,1-3H3. The molecule has 2 rings (SSSR count). The molecule has 1 aliphatic rings. The maximum atomic E-state index is 5.98. The second-order valence-electron chi connectivity index (χ2n) is 5.17. The Labute approximate surface area is 114 Å². The van der Waals surface area contributed by atoms with E-state index in [1.165, 1.54) is 5.56 Å². The largest absolute Gasteiger partial charge is 0.488 e. The summed E-state index contributed by atoms with van der Waals surface area (Å²) < 4.78 is 5.87. The molecule has 1 aliphatic heterocycles. The number of halogens is 1. The van der Waals surface area contributed by atoms with Crippen LogP contribution in [0.3, 0.4) is 0 Å². The van der Waals surface area contributed by atoms with Crippen molar-refractivity contribution in [3.8, 4) is 5.75 Å². The van der Waals surface area contributed by atoms with E-state index in [0.29, 0.717) is 6.04 Å². The monoisotopic (exact) mass is 268 g/mol. The summed E-state index contributed by atoms with van der Waals surface area (Å²) in [4.78, 5) is 2.21. The van der Waals surface area contributed by atoms with E-state index in [1.807, 2.05) is 18.2 Å². The zero-order valence-electron chi connectivity index (χ0n) is 11.2. The normalized spacial score (nSPS) is 19.7. The second-order valence-corrected chi connectivity index (χ2v) is 5.60. The molecule has 1 N–H and O–H groups in total. The van der Waals surface area contributed by atoms with E-state index < -0.39 is 0 Å². The van der Waals surface area contributed by atoms with Crippen molar-refractivity contribution in [3.63, 3.8) is 0 Å². The highest BCUT2D eigenvalue weighted by molar-refractivity contribution is 6.30. The summed E-state index contributed by atoms with van der Waals surface area (Å²) in [5.74, 6) is 0.979. The number of hydrogen-bond acceptors (Lipinski definition) is 3. The van der Waals surface area contributed by atoms with Crippen LogP contribution in [0, 0.1) is 0 Å². The molecule has 0 radical (unpaired) electrons. The molecule has 0 spiro atoms. The highest BCUT2D eigenvalue weighted by atomic mass is 35.5. The summed E-state index contributed by atoms with van der Waals surface area (Å²) in [6.45, 7) is 4.06. The van der Waals surface area contributed by atoms with Crippen LogP contribution in [0.4, 0.5) is 0 Å². The minimum Gasteiger partial charge on any atom is -0.488 e. The van der Waals surface area contributed by atoms with E-state index in [0.717, 1.165) is 30.3 Å². The second kappa shape index (κ2) is 5.91. The number of nitrogens with zero attached hydrogens (tertiary/aromatic N) is 1. The van der Waals surface area contributed by atoms with Gasteiger partial charge in [-0.15, -0.1) is 0 Å². The third kappa shape index (κ3) is 3.37. The smallest absolute Gasteiger partial charge is 0.123 e. The molecular formula is C14H21ClN2O. The van der Waals surface area contributed by atoms with Crippen LogP contribution in [0.15, 0.2) is 18.2 Å². The van der Waals surface area contributed by atoms with Crippen LogP contribution in [-0.2, 0) is 6.42 Å². The Balaban J connectivity index is 1.78. The fraction of sp³-hybridized carbons (Fsp3) is 0.571. The van der Waals surface area contributed by atoms with E-state index in [1.54, 1.807) is 0 Å². The van der Waals surface area contributed by atoms with Gasteiger partial charge in [0.2, 0.25) is 0 Å². The topological polar surface area (TPSA) is 24.5 Å². The summed E-state index contributed by atoms with van der Waals surface area (Å²) in [5, 5.41) is 4.24. The number of fused-ring (bicyclic) bond motifs is 1. The maximum absolute atomic E-state index is 5.98. The van der Waals surface area contributed by atoms with Crippen LogP contribution in [0.2, 0.25) is 5.02 Å². The van der Waals surface area contributed by atoms with Gasteiger partial charge in [0.15, 0.2) is 0 Å². The molecule has 4 heteroatoms. The summed E-state index contributed by atoms with van der Waals surface area (Å²) in [6, 6.07) is 6.37. The molecule has 2 unspecified atom stereocenters. The lowest BCUT2D eigenvalue weighted by molar-refractivity contribution is 0.219. The van der Waals surface area contributed by atoms with Gasteiger partial charge in [-0.05, 0) is 44.8 Å². The van der Waals surface area contributed by atoms with Crippen LogP contribution in [0.1, 0.15) is 12.5 Å². The quantitative estimate of drug-likeness (QED) is 0.886. The Bertz CT molecular complexity index is 409. The third-order valence-electron chi connectivity index (χ3n) is 3.46. The van der Waals surface area contributed by atoms with Crippen LogP contribution in [-0.4, -0.2) is 44.2 Å². The van der Waals surface area contributed by atoms with E-state index in [4.69, 9.17) is 16.3 Å². The zero-order chi connectivity index (χ0) is 13.1. The van der Waals surface area contributed by atoms with Gasteiger partial charge in [-0.1, -0.05) is 11.6 Å². The van der Waals surface area contributed by atoms with Crippen molar-refractivity contribution < 1.29 is 4.74 Å². The molecule has 3 nitrogen and oxygen atoms in total. The number of ether oxygens (including phenoxy) is 1. The Morgan fingerprint density at radius 3 is 3.00 bits per heavy atom. The Morgan fingerprint density at radius 1 is 1.50 bits per heavy atom. The van der Waals surface area contributed by atoms with E-state index >= 15 is 0 Å². The van der Waals surface area contributed by atoms with Crippen molar-refractivity contribution >= 4 is 11.6 Å². The molecule has 0 amide bonds. The minimum atomic E-state index is 0.229. The minimum absolute atomic E-state index is 0.229. The number of nitrogens with one attached hydrogen (secondary N) is 1. The van der Waals surface area contributed by atoms with Gasteiger partial charge in [0.05, 0.1) is 0 Å². The number of rotatable bonds is 5. The fourth-order valence-electron chi connectivity index (χ4n) is 2.04. The van der Waals surface area contributed by atoms with Gasteiger partial charge in [-0.25, -0.2) is 0 Å². The van der Waals surface area contributed by atoms with Gasteiger partial charge >= 0.3 is 0 Å². The highest BCUT2D eigenvalue weighted by Gasteiger charge is 2.22. The van der Waals surface area contributed by atoms with Crippen LogP contribution < -0.4 is 10.1 Å². The first kappa shape index (κ1) is 13.7. The number of benzene rings is 1. The lowest BCUT2D eigenvalue weighted by Gasteiger charge is -2.21. The molecule has 0 aromatic heterocycles. The van der Waals surface area contributed by atoms with Gasteiger partial charge in [-0.3, -0.25) is 0 Å². The van der Waals surface area contributed by atoms with Crippen molar-refractivity contribution in [1.29, 1.82) is 0 Å². The van der Waals surface area contributed by atoms with Crippen LogP contribution >= 0.6 is 11.6 Å². The first-order valence-corrected chi connectivity index (χ1v) is 6.76. The van der Waals surface area contributed by atoms with Crippen molar-refractivity contribution in [2.24, 2.45) is 0 Å². The first-order chi connectivity index (χ1) is 8.56. The predicted molar refractivity (Wildman–Crippen MR) is 75.6 cm³/mol. The summed E-state index contributed by atoms with van der Waals surface area (Å²) in [5.41, 5.74) is 1.22. The van der Waals surface area contributed by atoms with Gasteiger partial charge in [0.1, 0.15) is 11.9 Å². The Hall–Kier alpha value is -0.770. The van der Waals surface area contributed by atoms with E-state index in [-0.39, 0.29) is 6.10 Å². The van der Waals surface area contributed by atoms with E-state index in [2.05, 4.69) is 31.2 Å². The average molecular weight is 269 g/mol. The molecule has 0 bridgehead atoms. The van der Waals surface area contributed by atoms with E-state index in [9.17, 15) is 0 Å². The summed E-state index contributed by atoms with van der Waals surface area (Å²) >= 11 is 5.98. The summed E-state index contributed by atoms with van der Waals surface area (Å²) in [7, 11) is 4.19. The molecule has 0 aliphatic carbocycles. The average Bonchev–Trinajstić information content (AvgIpc) is 2.70.